The van der Waals surface area contributed by atoms with E-state index in [0.717, 1.165) is 17.1 Å². The van der Waals surface area contributed by atoms with Gasteiger partial charge in [-0.1, -0.05) is 6.07 Å². The number of halogens is 3. The first kappa shape index (κ1) is 22.6. The number of fused-ring (bicyclic) bond motifs is 1. The number of alkyl halides is 3. The minimum Gasteiger partial charge on any atom is -0.481 e. The zero-order valence-corrected chi connectivity index (χ0v) is 19.8. The largest absolute Gasteiger partial charge is 0.481 e. The van der Waals surface area contributed by atoms with Gasteiger partial charge in [-0.15, -0.1) is 0 Å². The highest BCUT2D eigenvalue weighted by Crippen LogP contribution is 2.78. The van der Waals surface area contributed by atoms with Crippen molar-refractivity contribution in [3.8, 4) is 5.88 Å². The summed E-state index contributed by atoms with van der Waals surface area (Å²) in [6, 6.07) is 5.56. The normalized spacial score (nSPS) is 30.0. The van der Waals surface area contributed by atoms with Crippen LogP contribution in [0.15, 0.2) is 18.2 Å². The molecule has 7 nitrogen and oxygen atoms in total. The van der Waals surface area contributed by atoms with Gasteiger partial charge in [-0.2, -0.15) is 13.2 Å². The fourth-order valence-electron chi connectivity index (χ4n) is 5.98. The molecule has 184 valence electrons. The van der Waals surface area contributed by atoms with Crippen molar-refractivity contribution in [3.63, 3.8) is 0 Å². The molecule has 35 heavy (non-hydrogen) atoms. The Morgan fingerprint density at radius 1 is 1.00 bits per heavy atom. The van der Waals surface area contributed by atoms with Crippen molar-refractivity contribution in [2.45, 2.75) is 69.6 Å². The second kappa shape index (κ2) is 7.56. The van der Waals surface area contributed by atoms with Gasteiger partial charge in [0, 0.05) is 24.0 Å². The first-order valence-electron chi connectivity index (χ1n) is 11.9. The molecule has 4 aliphatic rings. The number of hydrogen-bond acceptors (Lipinski definition) is 7. The molecule has 2 bridgehead atoms. The monoisotopic (exact) mass is 485 g/mol. The van der Waals surface area contributed by atoms with Gasteiger partial charge in [0.25, 0.3) is 0 Å². The molecule has 3 aromatic heterocycles. The van der Waals surface area contributed by atoms with Crippen molar-refractivity contribution < 1.29 is 22.6 Å². The molecule has 7 rings (SSSR count). The maximum Gasteiger partial charge on any atom is 0.394 e. The van der Waals surface area contributed by atoms with E-state index in [1.54, 1.807) is 13.2 Å². The molecule has 4 fully saturated rings. The molecule has 1 saturated heterocycles. The van der Waals surface area contributed by atoms with Gasteiger partial charge in [0.2, 0.25) is 5.88 Å². The predicted molar refractivity (Wildman–Crippen MR) is 120 cm³/mol. The van der Waals surface area contributed by atoms with Crippen molar-refractivity contribution in [1.82, 2.24) is 24.9 Å². The lowest BCUT2D eigenvalue weighted by Gasteiger charge is -2.70. The average molecular weight is 486 g/mol. The second-order valence-electron chi connectivity index (χ2n) is 10.3. The molecule has 0 spiro atoms. The van der Waals surface area contributed by atoms with E-state index in [4.69, 9.17) is 19.4 Å². The quantitative estimate of drug-likeness (QED) is 0.511. The summed E-state index contributed by atoms with van der Waals surface area (Å²) >= 11 is 0. The molecule has 3 aliphatic carbocycles. The number of aromatic nitrogens is 5. The van der Waals surface area contributed by atoms with E-state index >= 15 is 0 Å². The highest BCUT2D eigenvalue weighted by Gasteiger charge is 2.79. The fourth-order valence-corrected chi connectivity index (χ4v) is 5.98. The Balaban J connectivity index is 1.37. The van der Waals surface area contributed by atoms with Crippen LogP contribution in [0.25, 0.3) is 11.2 Å². The summed E-state index contributed by atoms with van der Waals surface area (Å²) in [6.07, 6.45) is -2.92. The van der Waals surface area contributed by atoms with Crippen LogP contribution >= 0.6 is 0 Å². The Kier molecular flexibility index (Phi) is 4.87. The molecule has 0 amide bonds. The molecule has 10 heteroatoms. The number of aryl methyl sites for hydroxylation is 2. The third-order valence-corrected chi connectivity index (χ3v) is 8.03. The van der Waals surface area contributed by atoms with Crippen molar-refractivity contribution in [1.29, 1.82) is 0 Å². The minimum atomic E-state index is -4.18. The van der Waals surface area contributed by atoms with Crippen molar-refractivity contribution in [2.75, 3.05) is 13.7 Å². The Morgan fingerprint density at radius 3 is 2.46 bits per heavy atom. The van der Waals surface area contributed by atoms with Gasteiger partial charge in [-0.05, 0) is 52.0 Å². The standard InChI is InChI=1S/C25H26F3N5O2/c1-13-14(2)30-22-19(29-13)20(23-10-24(11-23,12-23)25(26,27)28)32-21(33-22)15-7-8-35-17(9-15)16-5-4-6-18(31-16)34-3/h4-6,15,17H,7-12H2,1-3H3/t15-,17+,23?,24?/m1/s1. The summed E-state index contributed by atoms with van der Waals surface area (Å²) < 4.78 is 52.0. The van der Waals surface area contributed by atoms with Gasteiger partial charge in [-0.25, -0.2) is 24.9 Å². The Labute approximate surface area is 200 Å². The lowest BCUT2D eigenvalue weighted by molar-refractivity contribution is -0.337. The third-order valence-electron chi connectivity index (χ3n) is 8.03. The highest BCUT2D eigenvalue weighted by atomic mass is 19.4. The number of methoxy groups -OCH3 is 1. The van der Waals surface area contributed by atoms with Gasteiger partial charge in [-0.3, -0.25) is 0 Å². The van der Waals surface area contributed by atoms with Gasteiger partial charge >= 0.3 is 6.18 Å². The molecule has 2 atom stereocenters. The van der Waals surface area contributed by atoms with Crippen molar-refractivity contribution >= 4 is 11.2 Å². The van der Waals surface area contributed by atoms with Crippen molar-refractivity contribution in [3.05, 3.63) is 46.8 Å². The lowest BCUT2D eigenvalue weighted by Crippen LogP contribution is -2.70. The maximum absolute atomic E-state index is 13.6. The van der Waals surface area contributed by atoms with Crippen LogP contribution in [0.2, 0.25) is 0 Å². The molecule has 0 radical (unpaired) electrons. The molecule has 0 unspecified atom stereocenters. The van der Waals surface area contributed by atoms with Crippen LogP contribution in [0.1, 0.15) is 72.7 Å². The lowest BCUT2D eigenvalue weighted by atomic mass is 9.34. The molecular formula is C25H26F3N5O2. The summed E-state index contributed by atoms with van der Waals surface area (Å²) in [7, 11) is 1.57. The molecule has 0 aromatic carbocycles. The summed E-state index contributed by atoms with van der Waals surface area (Å²) in [5.74, 6) is 1.09. The molecule has 0 N–H and O–H groups in total. The smallest absolute Gasteiger partial charge is 0.394 e. The molecule has 4 heterocycles. The van der Waals surface area contributed by atoms with E-state index in [1.165, 1.54) is 0 Å². The Morgan fingerprint density at radius 2 is 1.74 bits per heavy atom. The van der Waals surface area contributed by atoms with Gasteiger partial charge in [0.05, 0.1) is 35.3 Å². The van der Waals surface area contributed by atoms with Gasteiger partial charge < -0.3 is 9.47 Å². The predicted octanol–water partition coefficient (Wildman–Crippen LogP) is 5.06. The molecular weight excluding hydrogens is 459 g/mol. The number of nitrogens with zero attached hydrogens (tertiary/aromatic N) is 5. The number of hydrogen-bond donors (Lipinski definition) is 0. The molecule has 1 aliphatic heterocycles. The summed E-state index contributed by atoms with van der Waals surface area (Å²) in [5, 5.41) is 0. The fraction of sp³-hybridized carbons (Fsp3) is 0.560. The van der Waals surface area contributed by atoms with Gasteiger partial charge in [0.15, 0.2) is 5.65 Å². The molecule has 3 saturated carbocycles. The zero-order chi connectivity index (χ0) is 24.6. The SMILES string of the molecule is COc1cccc([C@@H]2C[C@H](c3nc(C45CC(C(F)(F)F)(C4)C5)c4nc(C)c(C)nc4n3)CCO2)n1. The zero-order valence-electron chi connectivity index (χ0n) is 19.8. The Hall–Kier alpha value is -2.88. The van der Waals surface area contributed by atoms with Crippen LogP contribution in [0.4, 0.5) is 13.2 Å². The van der Waals surface area contributed by atoms with E-state index in [-0.39, 0.29) is 31.3 Å². The third kappa shape index (κ3) is 3.40. The number of pyridine rings is 1. The van der Waals surface area contributed by atoms with E-state index < -0.39 is 17.0 Å². The average Bonchev–Trinajstić information content (AvgIpc) is 2.77. The van der Waals surface area contributed by atoms with Crippen LogP contribution in [-0.2, 0) is 10.2 Å². The minimum absolute atomic E-state index is 0.0303. The van der Waals surface area contributed by atoms with Crippen molar-refractivity contribution in [2.24, 2.45) is 5.41 Å². The number of rotatable bonds is 4. The van der Waals surface area contributed by atoms with E-state index in [9.17, 15) is 13.2 Å². The first-order valence-corrected chi connectivity index (χ1v) is 11.9. The number of ether oxygens (including phenoxy) is 2. The summed E-state index contributed by atoms with van der Waals surface area (Å²) in [4.78, 5) is 23.5. The summed E-state index contributed by atoms with van der Waals surface area (Å²) in [6.45, 7) is 4.22. The first-order chi connectivity index (χ1) is 16.6. The van der Waals surface area contributed by atoms with Gasteiger partial charge in [0.1, 0.15) is 17.4 Å². The molecule has 3 aromatic rings. The van der Waals surface area contributed by atoms with E-state index in [1.807, 2.05) is 26.0 Å². The second-order valence-corrected chi connectivity index (χ2v) is 10.3. The van der Waals surface area contributed by atoms with Crippen LogP contribution in [0, 0.1) is 19.3 Å². The van der Waals surface area contributed by atoms with E-state index in [0.29, 0.717) is 48.0 Å². The van der Waals surface area contributed by atoms with Crippen LogP contribution in [-0.4, -0.2) is 44.8 Å². The highest BCUT2D eigenvalue weighted by molar-refractivity contribution is 5.75. The topological polar surface area (TPSA) is 82.9 Å². The van der Waals surface area contributed by atoms with Crippen LogP contribution in [0.3, 0.4) is 0 Å². The maximum atomic E-state index is 13.6. The van der Waals surface area contributed by atoms with E-state index in [2.05, 4.69) is 15.0 Å². The van der Waals surface area contributed by atoms with Crippen LogP contribution in [0.5, 0.6) is 5.88 Å². The summed E-state index contributed by atoms with van der Waals surface area (Å²) in [5.41, 5.74) is 1.71. The Bertz CT molecular complexity index is 1310. The van der Waals surface area contributed by atoms with Crippen LogP contribution < -0.4 is 4.74 Å².